The zero-order chi connectivity index (χ0) is 21.1. The highest BCUT2D eigenvalue weighted by Gasteiger charge is 2.30. The Bertz CT molecular complexity index is 1020. The number of nitrogens with zero attached hydrogens (tertiary/aromatic N) is 1. The van der Waals surface area contributed by atoms with Gasteiger partial charge in [-0.15, -0.1) is 0 Å². The molecule has 1 heterocycles. The van der Waals surface area contributed by atoms with E-state index in [0.29, 0.717) is 38.4 Å². The summed E-state index contributed by atoms with van der Waals surface area (Å²) in [4.78, 5) is 23.6. The van der Waals surface area contributed by atoms with Crippen molar-refractivity contribution in [2.45, 2.75) is 13.0 Å². The summed E-state index contributed by atoms with van der Waals surface area (Å²) in [5.41, 5.74) is 1.98. The van der Waals surface area contributed by atoms with E-state index < -0.39 is 16.9 Å². The highest BCUT2D eigenvalue weighted by molar-refractivity contribution is 7.80. The number of non-ortho nitro benzene ring substituents is 1. The van der Waals surface area contributed by atoms with Gasteiger partial charge in [0.1, 0.15) is 5.75 Å². The molecule has 2 aromatic carbocycles. The summed E-state index contributed by atoms with van der Waals surface area (Å²) in [5, 5.41) is 20.5. The van der Waals surface area contributed by atoms with Gasteiger partial charge in [0.25, 0.3) is 11.6 Å². The van der Waals surface area contributed by atoms with Crippen LogP contribution in [0.1, 0.15) is 18.5 Å². The molecule has 0 aliphatic carbocycles. The normalized spacial score (nSPS) is 16.0. The van der Waals surface area contributed by atoms with Gasteiger partial charge in [-0.3, -0.25) is 14.9 Å². The number of nitro groups is 1. The topological polar surface area (TPSA) is 106 Å². The van der Waals surface area contributed by atoms with Crippen LogP contribution in [0.25, 0.3) is 0 Å². The zero-order valence-corrected chi connectivity index (χ0v) is 17.1. The molecule has 0 unspecified atom stereocenters. The van der Waals surface area contributed by atoms with E-state index in [1.807, 2.05) is 0 Å². The molecule has 3 N–H and O–H groups in total. The lowest BCUT2D eigenvalue weighted by Gasteiger charge is -2.30. The Morgan fingerprint density at radius 1 is 1.28 bits per heavy atom. The number of thiocarbonyl (C=S) groups is 1. The molecule has 1 amide bonds. The fourth-order valence-corrected chi connectivity index (χ4v) is 3.44. The fraction of sp³-hybridized carbons (Fsp3) is 0.158. The lowest BCUT2D eigenvalue weighted by atomic mass is 9.94. The van der Waals surface area contributed by atoms with Gasteiger partial charge < -0.3 is 20.7 Å². The van der Waals surface area contributed by atoms with Gasteiger partial charge in [-0.25, -0.2) is 0 Å². The van der Waals surface area contributed by atoms with Crippen LogP contribution in [0, 0.1) is 10.1 Å². The Morgan fingerprint density at radius 2 is 1.97 bits per heavy atom. The third kappa shape index (κ3) is 4.47. The van der Waals surface area contributed by atoms with Gasteiger partial charge >= 0.3 is 0 Å². The number of allylic oxidation sites excluding steroid dienone is 1. The number of benzene rings is 2. The Morgan fingerprint density at radius 3 is 2.59 bits per heavy atom. The molecule has 3 rings (SSSR count). The molecule has 0 fully saturated rings. The predicted octanol–water partition coefficient (Wildman–Crippen LogP) is 3.69. The molecule has 150 valence electrons. The maximum atomic E-state index is 13.1. The number of methoxy groups -OCH3 is 1. The molecule has 29 heavy (non-hydrogen) atoms. The number of halogens is 1. The number of hydrogen-bond donors (Lipinski definition) is 3. The van der Waals surface area contributed by atoms with Crippen molar-refractivity contribution >= 4 is 46.2 Å². The van der Waals surface area contributed by atoms with Gasteiger partial charge in [0.05, 0.1) is 29.3 Å². The van der Waals surface area contributed by atoms with Crippen LogP contribution in [0.15, 0.2) is 53.7 Å². The summed E-state index contributed by atoms with van der Waals surface area (Å²) in [6.45, 7) is 1.73. The first-order valence-electron chi connectivity index (χ1n) is 8.47. The molecular weight excluding hydrogens is 416 g/mol. The molecule has 0 spiro atoms. The number of rotatable bonds is 5. The summed E-state index contributed by atoms with van der Waals surface area (Å²) in [6.07, 6.45) is 0. The van der Waals surface area contributed by atoms with E-state index in [0.717, 1.165) is 0 Å². The van der Waals surface area contributed by atoms with Crippen molar-refractivity contribution in [1.82, 2.24) is 10.6 Å². The van der Waals surface area contributed by atoms with Gasteiger partial charge in [-0.2, -0.15) is 0 Å². The van der Waals surface area contributed by atoms with Crippen molar-refractivity contribution in [3.8, 4) is 5.75 Å². The first-order chi connectivity index (χ1) is 13.8. The summed E-state index contributed by atoms with van der Waals surface area (Å²) in [7, 11) is 1.49. The number of nitro benzene ring substituents is 1. The van der Waals surface area contributed by atoms with Crippen molar-refractivity contribution in [1.29, 1.82) is 0 Å². The number of ether oxygens (including phenoxy) is 1. The van der Waals surface area contributed by atoms with Crippen LogP contribution in [-0.4, -0.2) is 23.1 Å². The van der Waals surface area contributed by atoms with Gasteiger partial charge in [0.2, 0.25) is 0 Å². The molecule has 10 heteroatoms. The minimum Gasteiger partial charge on any atom is -0.495 e. The lowest BCUT2D eigenvalue weighted by Crippen LogP contribution is -2.45. The molecule has 2 aromatic rings. The largest absolute Gasteiger partial charge is 0.495 e. The van der Waals surface area contributed by atoms with Crippen molar-refractivity contribution in [3.05, 3.63) is 74.4 Å². The van der Waals surface area contributed by atoms with Crippen LogP contribution in [0.4, 0.5) is 11.4 Å². The van der Waals surface area contributed by atoms with Gasteiger partial charge in [0.15, 0.2) is 5.11 Å². The van der Waals surface area contributed by atoms with Crippen molar-refractivity contribution < 1.29 is 14.5 Å². The third-order valence-electron chi connectivity index (χ3n) is 4.36. The second-order valence-corrected chi connectivity index (χ2v) is 7.06. The number of carbonyl (C=O) groups is 1. The van der Waals surface area contributed by atoms with Crippen LogP contribution >= 0.6 is 23.8 Å². The van der Waals surface area contributed by atoms with Crippen LogP contribution in [-0.2, 0) is 4.79 Å². The van der Waals surface area contributed by atoms with Crippen molar-refractivity contribution in [3.63, 3.8) is 0 Å². The maximum Gasteiger partial charge on any atom is 0.269 e. The van der Waals surface area contributed by atoms with Gasteiger partial charge in [-0.05, 0) is 55.0 Å². The predicted molar refractivity (Wildman–Crippen MR) is 114 cm³/mol. The molecule has 0 saturated carbocycles. The number of hydrogen-bond acceptors (Lipinski definition) is 5. The van der Waals surface area contributed by atoms with Crippen molar-refractivity contribution in [2.75, 3.05) is 12.4 Å². The van der Waals surface area contributed by atoms with E-state index in [2.05, 4.69) is 16.0 Å². The summed E-state index contributed by atoms with van der Waals surface area (Å²) < 4.78 is 5.27. The Hall–Kier alpha value is -3.17. The quantitative estimate of drug-likeness (QED) is 0.376. The smallest absolute Gasteiger partial charge is 0.269 e. The van der Waals surface area contributed by atoms with Crippen molar-refractivity contribution in [2.24, 2.45) is 0 Å². The second-order valence-electron chi connectivity index (χ2n) is 6.22. The number of carbonyl (C=O) groups excluding carboxylic acids is 1. The highest BCUT2D eigenvalue weighted by atomic mass is 35.5. The maximum absolute atomic E-state index is 13.1. The number of anilines is 1. The standard InChI is InChI=1S/C19H17ClN4O4S/c1-10-16(18(25)22-14-9-12(20)5-8-15(14)28-2)17(23-19(29)21-10)11-3-6-13(7-4-11)24(26)27/h3-9,17H,1-2H3,(H,22,25)(H2,21,23,29)/t17-/m0/s1. The first kappa shape index (κ1) is 20.6. The Labute approximate surface area is 177 Å². The van der Waals surface area contributed by atoms with E-state index in [1.165, 1.54) is 19.2 Å². The van der Waals surface area contributed by atoms with Gasteiger partial charge in [0, 0.05) is 22.9 Å². The molecule has 0 saturated heterocycles. The average Bonchev–Trinajstić information content (AvgIpc) is 2.67. The SMILES string of the molecule is COc1ccc(Cl)cc1NC(=O)C1=C(C)NC(=S)N[C@H]1c1ccc([N+](=O)[O-])cc1. The van der Waals surface area contributed by atoms with E-state index >= 15 is 0 Å². The van der Waals surface area contributed by atoms with E-state index in [4.69, 9.17) is 28.6 Å². The van der Waals surface area contributed by atoms with Crippen LogP contribution in [0.5, 0.6) is 5.75 Å². The molecule has 1 aliphatic rings. The molecule has 1 aliphatic heterocycles. The number of amides is 1. The van der Waals surface area contributed by atoms with E-state index in [-0.39, 0.29) is 5.69 Å². The minimum absolute atomic E-state index is 0.0411. The Balaban J connectivity index is 1.96. The molecule has 0 radical (unpaired) electrons. The van der Waals surface area contributed by atoms with Crippen LogP contribution < -0.4 is 20.7 Å². The average molecular weight is 433 g/mol. The van der Waals surface area contributed by atoms with Crippen LogP contribution in [0.3, 0.4) is 0 Å². The summed E-state index contributed by atoms with van der Waals surface area (Å²) in [6, 6.07) is 10.2. The monoisotopic (exact) mass is 432 g/mol. The summed E-state index contributed by atoms with van der Waals surface area (Å²) in [5.74, 6) is 0.0639. The van der Waals surface area contributed by atoms with Crippen LogP contribution in [0.2, 0.25) is 5.02 Å². The molecule has 0 bridgehead atoms. The fourth-order valence-electron chi connectivity index (χ4n) is 3.00. The summed E-state index contributed by atoms with van der Waals surface area (Å²) >= 11 is 11.3. The lowest BCUT2D eigenvalue weighted by molar-refractivity contribution is -0.384. The first-order valence-corrected chi connectivity index (χ1v) is 9.26. The minimum atomic E-state index is -0.588. The molecular formula is C19H17ClN4O4S. The van der Waals surface area contributed by atoms with Gasteiger partial charge in [-0.1, -0.05) is 11.6 Å². The van der Waals surface area contributed by atoms with E-state index in [1.54, 1.807) is 37.3 Å². The number of nitrogens with one attached hydrogen (secondary N) is 3. The zero-order valence-electron chi connectivity index (χ0n) is 15.5. The highest BCUT2D eigenvalue weighted by Crippen LogP contribution is 2.32. The Kier molecular flexibility index (Phi) is 6.00. The van der Waals surface area contributed by atoms with E-state index in [9.17, 15) is 14.9 Å². The molecule has 0 aromatic heterocycles. The molecule has 8 nitrogen and oxygen atoms in total. The second kappa shape index (κ2) is 8.46. The third-order valence-corrected chi connectivity index (χ3v) is 4.82. The molecule has 1 atom stereocenters.